The Balaban J connectivity index is 1.75. The topological polar surface area (TPSA) is 76.5 Å². The van der Waals surface area contributed by atoms with E-state index in [0.29, 0.717) is 17.4 Å². The number of furan rings is 1. The maximum atomic E-state index is 10.5. The fourth-order valence-corrected chi connectivity index (χ4v) is 2.13. The SMILES string of the molecule is Cc1oc(-c2ccco2)nc1C=Cc1ccc(/C=C/C(=O)O)cc1. The highest BCUT2D eigenvalue weighted by molar-refractivity contribution is 5.85. The third-order valence-corrected chi connectivity index (χ3v) is 3.35. The fourth-order valence-electron chi connectivity index (χ4n) is 2.13. The summed E-state index contributed by atoms with van der Waals surface area (Å²) in [6, 6.07) is 11.1. The van der Waals surface area contributed by atoms with E-state index in [4.69, 9.17) is 13.9 Å². The number of aliphatic carboxylic acids is 1. The van der Waals surface area contributed by atoms with Gasteiger partial charge in [-0.15, -0.1) is 0 Å². The molecule has 1 aromatic carbocycles. The van der Waals surface area contributed by atoms with E-state index >= 15 is 0 Å². The normalized spacial score (nSPS) is 11.5. The van der Waals surface area contributed by atoms with E-state index in [0.717, 1.165) is 22.9 Å². The van der Waals surface area contributed by atoms with Crippen LogP contribution in [0.15, 0.2) is 57.6 Å². The van der Waals surface area contributed by atoms with E-state index in [1.54, 1.807) is 24.5 Å². The van der Waals surface area contributed by atoms with Gasteiger partial charge in [-0.3, -0.25) is 0 Å². The number of carboxylic acids is 1. The molecule has 0 saturated carbocycles. The zero-order valence-electron chi connectivity index (χ0n) is 13.0. The monoisotopic (exact) mass is 321 g/mol. The Kier molecular flexibility index (Phi) is 4.43. The van der Waals surface area contributed by atoms with Crippen LogP contribution in [-0.2, 0) is 4.79 Å². The molecule has 0 aliphatic carbocycles. The minimum atomic E-state index is -0.965. The first kappa shape index (κ1) is 15.6. The molecule has 0 aliphatic rings. The average Bonchev–Trinajstić information content (AvgIpc) is 3.21. The van der Waals surface area contributed by atoms with Gasteiger partial charge in [0, 0.05) is 6.08 Å². The van der Waals surface area contributed by atoms with Crippen LogP contribution in [0.2, 0.25) is 0 Å². The van der Waals surface area contributed by atoms with E-state index in [1.165, 1.54) is 0 Å². The van der Waals surface area contributed by atoms with Crippen molar-refractivity contribution in [3.8, 4) is 11.7 Å². The van der Waals surface area contributed by atoms with E-state index in [1.807, 2.05) is 43.3 Å². The summed E-state index contributed by atoms with van der Waals surface area (Å²) in [4.78, 5) is 14.9. The van der Waals surface area contributed by atoms with Crippen molar-refractivity contribution in [1.82, 2.24) is 4.98 Å². The quantitative estimate of drug-likeness (QED) is 0.700. The van der Waals surface area contributed by atoms with Gasteiger partial charge in [0.15, 0.2) is 5.76 Å². The van der Waals surface area contributed by atoms with Crippen LogP contribution in [0.25, 0.3) is 29.9 Å². The summed E-state index contributed by atoms with van der Waals surface area (Å²) in [6.45, 7) is 1.85. The Morgan fingerprint density at radius 1 is 1.08 bits per heavy atom. The lowest BCUT2D eigenvalue weighted by Crippen LogP contribution is -1.85. The molecule has 0 bridgehead atoms. The van der Waals surface area contributed by atoms with Gasteiger partial charge in [-0.1, -0.05) is 30.3 Å². The first-order valence-corrected chi connectivity index (χ1v) is 7.32. The van der Waals surface area contributed by atoms with Crippen molar-refractivity contribution in [2.75, 3.05) is 0 Å². The van der Waals surface area contributed by atoms with Crippen LogP contribution >= 0.6 is 0 Å². The Hall–Kier alpha value is -3.34. The number of hydrogen-bond donors (Lipinski definition) is 1. The first-order valence-electron chi connectivity index (χ1n) is 7.32. The molecule has 0 atom stereocenters. The van der Waals surface area contributed by atoms with Crippen LogP contribution in [-0.4, -0.2) is 16.1 Å². The molecule has 0 aliphatic heterocycles. The third kappa shape index (κ3) is 3.70. The summed E-state index contributed by atoms with van der Waals surface area (Å²) >= 11 is 0. The highest BCUT2D eigenvalue weighted by atomic mass is 16.4. The van der Waals surface area contributed by atoms with Gasteiger partial charge >= 0.3 is 5.97 Å². The second kappa shape index (κ2) is 6.83. The summed E-state index contributed by atoms with van der Waals surface area (Å²) in [6.07, 6.45) is 8.02. The van der Waals surface area contributed by atoms with E-state index < -0.39 is 5.97 Å². The highest BCUT2D eigenvalue weighted by Gasteiger charge is 2.11. The second-order valence-electron chi connectivity index (χ2n) is 5.11. The predicted octanol–water partition coefficient (Wildman–Crippen LogP) is 4.51. The summed E-state index contributed by atoms with van der Waals surface area (Å²) < 4.78 is 10.9. The lowest BCUT2D eigenvalue weighted by molar-refractivity contribution is -0.131. The van der Waals surface area contributed by atoms with Gasteiger partial charge in [0.2, 0.25) is 0 Å². The Morgan fingerprint density at radius 2 is 1.79 bits per heavy atom. The maximum Gasteiger partial charge on any atom is 0.328 e. The number of nitrogens with zero attached hydrogens (tertiary/aromatic N) is 1. The minimum absolute atomic E-state index is 0.450. The van der Waals surface area contributed by atoms with Crippen molar-refractivity contribution in [3.63, 3.8) is 0 Å². The molecule has 0 unspecified atom stereocenters. The summed E-state index contributed by atoms with van der Waals surface area (Å²) in [5, 5.41) is 8.62. The van der Waals surface area contributed by atoms with Gasteiger partial charge in [-0.25, -0.2) is 9.78 Å². The van der Waals surface area contributed by atoms with Gasteiger partial charge in [0.25, 0.3) is 5.89 Å². The molecule has 5 heteroatoms. The van der Waals surface area contributed by atoms with E-state index in [-0.39, 0.29) is 0 Å². The molecule has 2 aromatic heterocycles. The molecule has 24 heavy (non-hydrogen) atoms. The van der Waals surface area contributed by atoms with E-state index in [9.17, 15) is 4.79 Å². The summed E-state index contributed by atoms with van der Waals surface area (Å²) in [5.41, 5.74) is 2.54. The number of carboxylic acid groups (broad SMARTS) is 1. The number of rotatable bonds is 5. The molecule has 0 saturated heterocycles. The molecule has 0 fully saturated rings. The molecule has 3 aromatic rings. The van der Waals surface area contributed by atoms with Crippen molar-refractivity contribution in [2.45, 2.75) is 6.92 Å². The molecule has 0 spiro atoms. The standard InChI is InChI=1S/C19H15NO4/c1-13-16(20-19(24-13)17-3-2-12-23-17)10-8-14-4-6-15(7-5-14)9-11-18(21)22/h2-12H,1H3,(H,21,22)/b10-8?,11-9+. The molecule has 5 nitrogen and oxygen atoms in total. The zero-order valence-corrected chi connectivity index (χ0v) is 13.0. The van der Waals surface area contributed by atoms with Crippen LogP contribution < -0.4 is 0 Å². The van der Waals surface area contributed by atoms with Crippen molar-refractivity contribution in [1.29, 1.82) is 0 Å². The number of hydrogen-bond acceptors (Lipinski definition) is 4. The van der Waals surface area contributed by atoms with Gasteiger partial charge in [-0.2, -0.15) is 0 Å². The minimum Gasteiger partial charge on any atom is -0.478 e. The summed E-state index contributed by atoms with van der Waals surface area (Å²) in [5.74, 6) is 0.783. The molecule has 0 radical (unpaired) electrons. The lowest BCUT2D eigenvalue weighted by atomic mass is 10.1. The van der Waals surface area contributed by atoms with Crippen LogP contribution in [0.1, 0.15) is 22.6 Å². The fraction of sp³-hybridized carbons (Fsp3) is 0.0526. The Morgan fingerprint density at radius 3 is 2.42 bits per heavy atom. The van der Waals surface area contributed by atoms with Gasteiger partial charge in [0.1, 0.15) is 11.5 Å². The highest BCUT2D eigenvalue weighted by Crippen LogP contribution is 2.23. The first-order chi connectivity index (χ1) is 11.6. The number of aryl methyl sites for hydroxylation is 1. The molecule has 1 N–H and O–H groups in total. The largest absolute Gasteiger partial charge is 0.478 e. The number of carbonyl (C=O) groups is 1. The number of aromatic nitrogens is 1. The second-order valence-corrected chi connectivity index (χ2v) is 5.11. The molecular weight excluding hydrogens is 306 g/mol. The van der Waals surface area contributed by atoms with E-state index in [2.05, 4.69) is 4.98 Å². The molecule has 3 rings (SSSR count). The van der Waals surface area contributed by atoms with Gasteiger partial charge < -0.3 is 13.9 Å². The Labute approximate surface area is 138 Å². The average molecular weight is 321 g/mol. The lowest BCUT2D eigenvalue weighted by Gasteiger charge is -1.95. The van der Waals surface area contributed by atoms with Crippen molar-refractivity contribution < 1.29 is 18.7 Å². The van der Waals surface area contributed by atoms with Gasteiger partial charge in [0.05, 0.1) is 6.26 Å². The molecule has 0 amide bonds. The molecule has 120 valence electrons. The number of benzene rings is 1. The smallest absolute Gasteiger partial charge is 0.328 e. The Bertz CT molecular complexity index is 884. The van der Waals surface area contributed by atoms with Crippen LogP contribution in [0.3, 0.4) is 0 Å². The number of oxazole rings is 1. The van der Waals surface area contributed by atoms with Crippen molar-refractivity contribution >= 4 is 24.2 Å². The van der Waals surface area contributed by atoms with Crippen LogP contribution in [0.5, 0.6) is 0 Å². The van der Waals surface area contributed by atoms with Crippen molar-refractivity contribution in [3.05, 3.63) is 71.3 Å². The maximum absolute atomic E-state index is 10.5. The predicted molar refractivity (Wildman–Crippen MR) is 91.0 cm³/mol. The van der Waals surface area contributed by atoms with Crippen LogP contribution in [0, 0.1) is 6.92 Å². The van der Waals surface area contributed by atoms with Gasteiger partial charge in [-0.05, 0) is 42.3 Å². The zero-order chi connectivity index (χ0) is 16.9. The molecule has 2 heterocycles. The van der Waals surface area contributed by atoms with Crippen molar-refractivity contribution in [2.24, 2.45) is 0 Å². The summed E-state index contributed by atoms with van der Waals surface area (Å²) in [7, 11) is 0. The molecular formula is C19H15NO4. The van der Waals surface area contributed by atoms with Crippen LogP contribution in [0.4, 0.5) is 0 Å². The third-order valence-electron chi connectivity index (χ3n) is 3.35.